The van der Waals surface area contributed by atoms with Gasteiger partial charge < -0.3 is 15.2 Å². The zero-order chi connectivity index (χ0) is 13.9. The summed E-state index contributed by atoms with van der Waals surface area (Å²) in [5, 5.41) is 13.1. The summed E-state index contributed by atoms with van der Waals surface area (Å²) in [7, 11) is 0. The molecule has 2 rings (SSSR count). The molecule has 4 nitrogen and oxygen atoms in total. The first-order valence-corrected chi connectivity index (χ1v) is 7.23. The highest BCUT2D eigenvalue weighted by Crippen LogP contribution is 2.30. The van der Waals surface area contributed by atoms with Crippen LogP contribution < -0.4 is 10.1 Å². The second-order valence-corrected chi connectivity index (χ2v) is 6.01. The molecule has 1 aromatic rings. The van der Waals surface area contributed by atoms with Gasteiger partial charge in [-0.1, -0.05) is 11.6 Å². The molecule has 0 bridgehead atoms. The standard InChI is InChI=1S/C13H15BrClNO3/c14-10-6-9(15)2-3-11(10)19-7-12(17)16-8-13(18)4-1-5-13/h2-3,6,18H,1,4-5,7-8H2,(H,16,17). The van der Waals surface area contributed by atoms with Gasteiger partial charge in [-0.3, -0.25) is 4.79 Å². The van der Waals surface area contributed by atoms with Gasteiger partial charge in [-0.05, 0) is 53.4 Å². The molecule has 0 heterocycles. The van der Waals surface area contributed by atoms with Gasteiger partial charge in [0, 0.05) is 11.6 Å². The van der Waals surface area contributed by atoms with E-state index in [2.05, 4.69) is 21.2 Å². The molecule has 1 aromatic carbocycles. The summed E-state index contributed by atoms with van der Waals surface area (Å²) < 4.78 is 6.07. The third kappa shape index (κ3) is 4.09. The fraction of sp³-hybridized carbons (Fsp3) is 0.462. The Morgan fingerprint density at radius 3 is 2.84 bits per heavy atom. The van der Waals surface area contributed by atoms with Crippen molar-refractivity contribution >= 4 is 33.4 Å². The van der Waals surface area contributed by atoms with Gasteiger partial charge in [0.1, 0.15) is 5.75 Å². The molecule has 1 aliphatic carbocycles. The minimum absolute atomic E-state index is 0.0870. The predicted octanol–water partition coefficient (Wildman–Crippen LogP) is 2.51. The number of ether oxygens (including phenoxy) is 1. The van der Waals surface area contributed by atoms with E-state index < -0.39 is 5.60 Å². The fourth-order valence-corrected chi connectivity index (χ4v) is 2.61. The van der Waals surface area contributed by atoms with E-state index in [1.165, 1.54) is 0 Å². The van der Waals surface area contributed by atoms with Gasteiger partial charge in [0.15, 0.2) is 6.61 Å². The van der Waals surface area contributed by atoms with Crippen molar-refractivity contribution in [1.29, 1.82) is 0 Å². The van der Waals surface area contributed by atoms with Gasteiger partial charge >= 0.3 is 0 Å². The minimum atomic E-state index is -0.712. The van der Waals surface area contributed by atoms with E-state index in [0.29, 0.717) is 15.2 Å². The molecular formula is C13H15BrClNO3. The van der Waals surface area contributed by atoms with E-state index in [4.69, 9.17) is 16.3 Å². The molecule has 6 heteroatoms. The maximum atomic E-state index is 11.6. The number of nitrogens with one attached hydrogen (secondary N) is 1. The molecule has 19 heavy (non-hydrogen) atoms. The van der Waals surface area contributed by atoms with E-state index in [0.717, 1.165) is 19.3 Å². The van der Waals surface area contributed by atoms with Crippen molar-refractivity contribution in [2.45, 2.75) is 24.9 Å². The summed E-state index contributed by atoms with van der Waals surface area (Å²) in [6.45, 7) is 0.202. The fourth-order valence-electron chi connectivity index (χ4n) is 1.81. The average molecular weight is 349 g/mol. The highest BCUT2D eigenvalue weighted by atomic mass is 79.9. The molecule has 1 fully saturated rings. The van der Waals surface area contributed by atoms with E-state index >= 15 is 0 Å². The summed E-state index contributed by atoms with van der Waals surface area (Å²) in [6, 6.07) is 5.08. The first-order valence-electron chi connectivity index (χ1n) is 6.05. The van der Waals surface area contributed by atoms with Crippen LogP contribution in [0.1, 0.15) is 19.3 Å². The smallest absolute Gasteiger partial charge is 0.258 e. The Morgan fingerprint density at radius 1 is 1.53 bits per heavy atom. The number of hydrogen-bond acceptors (Lipinski definition) is 3. The number of hydrogen-bond donors (Lipinski definition) is 2. The molecule has 0 aromatic heterocycles. The molecule has 0 atom stereocenters. The van der Waals surface area contributed by atoms with Gasteiger partial charge in [0.05, 0.1) is 10.1 Å². The van der Waals surface area contributed by atoms with Gasteiger partial charge in [0.25, 0.3) is 5.91 Å². The quantitative estimate of drug-likeness (QED) is 0.859. The predicted molar refractivity (Wildman–Crippen MR) is 76.5 cm³/mol. The number of halogens is 2. The first kappa shape index (κ1) is 14.6. The Balaban J connectivity index is 1.76. The molecule has 1 amide bonds. The molecule has 2 N–H and O–H groups in total. The van der Waals surface area contributed by atoms with Crippen LogP contribution in [-0.4, -0.2) is 29.8 Å². The van der Waals surface area contributed by atoms with E-state index in [-0.39, 0.29) is 19.1 Å². The number of aliphatic hydroxyl groups is 1. The zero-order valence-corrected chi connectivity index (χ0v) is 12.6. The van der Waals surface area contributed by atoms with Crippen molar-refractivity contribution in [2.24, 2.45) is 0 Å². The zero-order valence-electron chi connectivity index (χ0n) is 10.3. The van der Waals surface area contributed by atoms with Crippen molar-refractivity contribution in [3.05, 3.63) is 27.7 Å². The summed E-state index contributed by atoms with van der Waals surface area (Å²) in [5.74, 6) is 0.309. The average Bonchev–Trinajstić information content (AvgIpc) is 2.33. The molecule has 0 spiro atoms. The van der Waals surface area contributed by atoms with Crippen LogP contribution in [-0.2, 0) is 4.79 Å². The van der Waals surface area contributed by atoms with Crippen molar-refractivity contribution in [1.82, 2.24) is 5.32 Å². The van der Waals surface area contributed by atoms with Crippen molar-refractivity contribution in [3.8, 4) is 5.75 Å². The normalized spacial score (nSPS) is 16.6. The molecule has 0 aliphatic heterocycles. The van der Waals surface area contributed by atoms with Gasteiger partial charge in [-0.2, -0.15) is 0 Å². The van der Waals surface area contributed by atoms with Crippen LogP contribution in [0.3, 0.4) is 0 Å². The summed E-state index contributed by atoms with van der Waals surface area (Å²) in [4.78, 5) is 11.6. The van der Waals surface area contributed by atoms with Crippen LogP contribution in [0.5, 0.6) is 5.75 Å². The Hall–Kier alpha value is -0.780. The topological polar surface area (TPSA) is 58.6 Å². The lowest BCUT2D eigenvalue weighted by Crippen LogP contribution is -2.48. The minimum Gasteiger partial charge on any atom is -0.483 e. The van der Waals surface area contributed by atoms with Crippen LogP contribution in [0.15, 0.2) is 22.7 Å². The third-order valence-corrected chi connectivity index (χ3v) is 4.01. The van der Waals surface area contributed by atoms with E-state index in [1.807, 2.05) is 0 Å². The van der Waals surface area contributed by atoms with Crippen molar-refractivity contribution in [2.75, 3.05) is 13.2 Å². The summed E-state index contributed by atoms with van der Waals surface area (Å²) in [6.07, 6.45) is 2.51. The second kappa shape index (κ2) is 6.11. The van der Waals surface area contributed by atoms with Gasteiger partial charge in [-0.25, -0.2) is 0 Å². The number of amides is 1. The Labute approximate surface area is 125 Å². The maximum Gasteiger partial charge on any atom is 0.258 e. The van der Waals surface area contributed by atoms with E-state index in [1.54, 1.807) is 18.2 Å². The largest absolute Gasteiger partial charge is 0.483 e. The SMILES string of the molecule is O=C(COc1ccc(Cl)cc1Br)NCC1(O)CCC1. The summed E-state index contributed by atoms with van der Waals surface area (Å²) >= 11 is 9.12. The van der Waals surface area contributed by atoms with Crippen LogP contribution in [0.2, 0.25) is 5.02 Å². The molecule has 0 saturated heterocycles. The number of carbonyl (C=O) groups excluding carboxylic acids is 1. The lowest BCUT2D eigenvalue weighted by atomic mass is 9.80. The van der Waals surface area contributed by atoms with E-state index in [9.17, 15) is 9.90 Å². The summed E-state index contributed by atoms with van der Waals surface area (Å²) in [5.41, 5.74) is -0.712. The third-order valence-electron chi connectivity index (χ3n) is 3.15. The van der Waals surface area contributed by atoms with Gasteiger partial charge in [0.2, 0.25) is 0 Å². The highest BCUT2D eigenvalue weighted by molar-refractivity contribution is 9.10. The van der Waals surface area contributed by atoms with Crippen molar-refractivity contribution in [3.63, 3.8) is 0 Å². The molecule has 1 aliphatic rings. The Kier molecular flexibility index (Phi) is 4.71. The molecule has 0 unspecified atom stereocenters. The number of benzene rings is 1. The maximum absolute atomic E-state index is 11.6. The van der Waals surface area contributed by atoms with Crippen LogP contribution in [0.25, 0.3) is 0 Å². The van der Waals surface area contributed by atoms with Gasteiger partial charge in [-0.15, -0.1) is 0 Å². The molecular weight excluding hydrogens is 334 g/mol. The van der Waals surface area contributed by atoms with Crippen LogP contribution in [0.4, 0.5) is 0 Å². The molecule has 0 radical (unpaired) electrons. The second-order valence-electron chi connectivity index (χ2n) is 4.72. The molecule has 1 saturated carbocycles. The Morgan fingerprint density at radius 2 is 2.26 bits per heavy atom. The number of rotatable bonds is 5. The Bertz CT molecular complexity index is 477. The van der Waals surface area contributed by atoms with Crippen LogP contribution in [0, 0.1) is 0 Å². The van der Waals surface area contributed by atoms with Crippen LogP contribution >= 0.6 is 27.5 Å². The lowest BCUT2D eigenvalue weighted by molar-refractivity contribution is -0.125. The lowest BCUT2D eigenvalue weighted by Gasteiger charge is -2.36. The first-order chi connectivity index (χ1) is 8.98. The monoisotopic (exact) mass is 347 g/mol. The highest BCUT2D eigenvalue weighted by Gasteiger charge is 2.34. The molecule has 104 valence electrons. The van der Waals surface area contributed by atoms with Crippen molar-refractivity contribution < 1.29 is 14.6 Å². The number of carbonyl (C=O) groups is 1.